The van der Waals surface area contributed by atoms with E-state index < -0.39 is 92.7 Å². The fourth-order valence-corrected chi connectivity index (χ4v) is 9.80. The zero-order chi connectivity index (χ0) is 53.9. The molecule has 2 saturated heterocycles. The van der Waals surface area contributed by atoms with E-state index in [1.807, 2.05) is 0 Å². The van der Waals surface area contributed by atoms with Gasteiger partial charge >= 0.3 is 11.9 Å². The van der Waals surface area contributed by atoms with Gasteiger partial charge in [0.25, 0.3) is 0 Å². The standard InChI is InChI=1S/C59H110O15/c1-3-5-7-9-11-13-15-17-19-21-22-23-24-26-28-30-32-34-36-38-40-42-51(62)72-47(44-69-50(61)41-39-37-35-33-31-29-27-25-20-18-16-14-12-10-8-6-4-2)45-70-58-57(68)55(66)53(64)49(74-58)46-71-59-56(67)54(65)52(63)48(43-60)73-59/h14,16,47-49,52-60,63-68H,3-13,15,17-46H2,1-2H3/b16-14+/t47-,48+,49+,52-,53-,54?,55?,56?,57?,58+,59+/m1/s1. The number of hydrogen-bond acceptors (Lipinski definition) is 15. The third-order valence-corrected chi connectivity index (χ3v) is 14.7. The van der Waals surface area contributed by atoms with Crippen LogP contribution in [0.25, 0.3) is 0 Å². The highest BCUT2D eigenvalue weighted by Crippen LogP contribution is 2.27. The molecular formula is C59H110O15. The molecule has 74 heavy (non-hydrogen) atoms. The van der Waals surface area contributed by atoms with Gasteiger partial charge < -0.3 is 64.2 Å². The van der Waals surface area contributed by atoms with Gasteiger partial charge in [0.2, 0.25) is 0 Å². The van der Waals surface area contributed by atoms with Crippen LogP contribution in [0, 0.1) is 0 Å². The molecule has 0 aromatic carbocycles. The molecule has 0 aromatic rings. The Bertz CT molecular complexity index is 1340. The van der Waals surface area contributed by atoms with Crippen LogP contribution in [0.1, 0.15) is 258 Å². The second-order valence-corrected chi connectivity index (χ2v) is 21.5. The Morgan fingerprint density at radius 3 is 1.20 bits per heavy atom. The Morgan fingerprint density at radius 2 is 0.770 bits per heavy atom. The van der Waals surface area contributed by atoms with Crippen molar-refractivity contribution in [2.24, 2.45) is 0 Å². The van der Waals surface area contributed by atoms with E-state index in [4.69, 9.17) is 28.4 Å². The summed E-state index contributed by atoms with van der Waals surface area (Å²) in [6.45, 7) is 2.64. The zero-order valence-corrected chi connectivity index (χ0v) is 46.6. The quantitative estimate of drug-likeness (QED) is 0.0171. The molecule has 2 rings (SSSR count). The Kier molecular flexibility index (Phi) is 42.7. The van der Waals surface area contributed by atoms with Crippen LogP contribution in [0.2, 0.25) is 0 Å². The fourth-order valence-electron chi connectivity index (χ4n) is 9.80. The molecule has 0 amide bonds. The molecule has 15 heteroatoms. The van der Waals surface area contributed by atoms with Crippen LogP contribution in [0.15, 0.2) is 12.2 Å². The van der Waals surface area contributed by atoms with Crippen molar-refractivity contribution in [1.82, 2.24) is 0 Å². The van der Waals surface area contributed by atoms with Crippen molar-refractivity contribution in [1.29, 1.82) is 0 Å². The van der Waals surface area contributed by atoms with Gasteiger partial charge in [0, 0.05) is 12.8 Å². The van der Waals surface area contributed by atoms with Crippen LogP contribution in [0.5, 0.6) is 0 Å². The van der Waals surface area contributed by atoms with E-state index in [0.717, 1.165) is 38.5 Å². The Balaban J connectivity index is 1.73. The number of ether oxygens (including phenoxy) is 6. The van der Waals surface area contributed by atoms with E-state index in [-0.39, 0.29) is 26.1 Å². The van der Waals surface area contributed by atoms with Crippen molar-refractivity contribution in [3.8, 4) is 0 Å². The largest absolute Gasteiger partial charge is 0.462 e. The van der Waals surface area contributed by atoms with Gasteiger partial charge in [-0.15, -0.1) is 0 Å². The van der Waals surface area contributed by atoms with Crippen molar-refractivity contribution < 1.29 is 73.8 Å². The molecule has 2 aliphatic heterocycles. The van der Waals surface area contributed by atoms with Gasteiger partial charge in [-0.25, -0.2) is 0 Å². The Morgan fingerprint density at radius 1 is 0.419 bits per heavy atom. The molecule has 2 heterocycles. The number of hydrogen-bond donors (Lipinski definition) is 7. The average molecular weight is 1060 g/mol. The number of esters is 2. The summed E-state index contributed by atoms with van der Waals surface area (Å²) in [6.07, 6.45) is 32.3. The smallest absolute Gasteiger partial charge is 0.306 e. The van der Waals surface area contributed by atoms with E-state index in [1.54, 1.807) is 0 Å². The molecule has 0 aliphatic carbocycles. The fraction of sp³-hybridized carbons (Fsp3) is 0.932. The minimum atomic E-state index is -1.76. The van der Waals surface area contributed by atoms with Crippen molar-refractivity contribution >= 4 is 11.9 Å². The maximum absolute atomic E-state index is 13.1. The molecule has 4 unspecified atom stereocenters. The maximum Gasteiger partial charge on any atom is 0.306 e. The summed E-state index contributed by atoms with van der Waals surface area (Å²) in [6, 6.07) is 0. The number of carbonyl (C=O) groups excluding carboxylic acids is 2. The van der Waals surface area contributed by atoms with E-state index in [0.29, 0.717) is 12.8 Å². The van der Waals surface area contributed by atoms with Crippen molar-refractivity contribution in [3.05, 3.63) is 12.2 Å². The Hall–Kier alpha value is -1.76. The molecule has 15 nitrogen and oxygen atoms in total. The molecule has 0 spiro atoms. The van der Waals surface area contributed by atoms with Crippen LogP contribution in [-0.4, -0.2) is 142 Å². The number of unbranched alkanes of at least 4 members (excludes halogenated alkanes) is 33. The predicted octanol–water partition coefficient (Wildman–Crippen LogP) is 10.5. The summed E-state index contributed by atoms with van der Waals surface area (Å²) in [5.41, 5.74) is 0. The average Bonchev–Trinajstić information content (AvgIpc) is 3.39. The van der Waals surface area contributed by atoms with Crippen LogP contribution in [0.3, 0.4) is 0 Å². The van der Waals surface area contributed by atoms with E-state index in [2.05, 4.69) is 26.0 Å². The van der Waals surface area contributed by atoms with Crippen LogP contribution in [-0.2, 0) is 38.0 Å². The van der Waals surface area contributed by atoms with Gasteiger partial charge in [0.15, 0.2) is 18.7 Å². The molecule has 11 atom stereocenters. The first kappa shape index (κ1) is 68.3. The van der Waals surface area contributed by atoms with Crippen molar-refractivity contribution in [3.63, 3.8) is 0 Å². The highest BCUT2D eigenvalue weighted by Gasteiger charge is 2.47. The Labute approximate surface area is 448 Å². The first-order valence-electron chi connectivity index (χ1n) is 30.3. The van der Waals surface area contributed by atoms with Gasteiger partial charge in [0.05, 0.1) is 19.8 Å². The summed E-state index contributed by atoms with van der Waals surface area (Å²) in [4.78, 5) is 25.9. The number of aliphatic hydroxyl groups excluding tert-OH is 7. The molecule has 0 aromatic heterocycles. The molecule has 2 fully saturated rings. The van der Waals surface area contributed by atoms with E-state index >= 15 is 0 Å². The normalized spacial score (nSPS) is 24.7. The second-order valence-electron chi connectivity index (χ2n) is 21.5. The third-order valence-electron chi connectivity index (χ3n) is 14.7. The van der Waals surface area contributed by atoms with Gasteiger partial charge in [-0.05, 0) is 38.5 Å². The van der Waals surface area contributed by atoms with Crippen LogP contribution < -0.4 is 0 Å². The molecular weight excluding hydrogens is 949 g/mol. The maximum atomic E-state index is 13.1. The summed E-state index contributed by atoms with van der Waals surface area (Å²) in [7, 11) is 0. The van der Waals surface area contributed by atoms with Gasteiger partial charge in [-0.1, -0.05) is 219 Å². The van der Waals surface area contributed by atoms with E-state index in [1.165, 1.54) is 180 Å². The van der Waals surface area contributed by atoms with Crippen molar-refractivity contribution in [2.75, 3.05) is 26.4 Å². The molecule has 436 valence electrons. The topological polar surface area (TPSA) is 231 Å². The molecule has 0 radical (unpaired) electrons. The third kappa shape index (κ3) is 32.9. The van der Waals surface area contributed by atoms with Crippen molar-refractivity contribution in [2.45, 2.75) is 325 Å². The highest BCUT2D eigenvalue weighted by atomic mass is 16.7. The number of carbonyl (C=O) groups is 2. The lowest BCUT2D eigenvalue weighted by atomic mass is 9.98. The van der Waals surface area contributed by atoms with Gasteiger partial charge in [-0.2, -0.15) is 0 Å². The lowest BCUT2D eigenvalue weighted by molar-refractivity contribution is -0.332. The number of allylic oxidation sites excluding steroid dienone is 2. The van der Waals surface area contributed by atoms with E-state index in [9.17, 15) is 45.3 Å². The minimum Gasteiger partial charge on any atom is -0.462 e. The second kappa shape index (κ2) is 46.2. The SMILES string of the molecule is CCCCCC/C=C/CCCCCCCCCCCC(=O)OC[C@H](CO[C@H]1O[C@@H](CO[C@H]2O[C@@H](CO)[C@@H](O)C(O)C2O)[C@@H](O)C(O)C1O)OC(=O)CCCCCCCCCCCCCCCCCCCCCCC. The predicted molar refractivity (Wildman–Crippen MR) is 289 cm³/mol. The van der Waals surface area contributed by atoms with Gasteiger partial charge in [-0.3, -0.25) is 9.59 Å². The first-order valence-corrected chi connectivity index (χ1v) is 30.3. The summed E-state index contributed by atoms with van der Waals surface area (Å²) in [5.74, 6) is -0.910. The minimum absolute atomic E-state index is 0.172. The molecule has 0 bridgehead atoms. The lowest BCUT2D eigenvalue weighted by Crippen LogP contribution is -2.61. The monoisotopic (exact) mass is 1060 g/mol. The first-order chi connectivity index (χ1) is 36.0. The number of aliphatic hydroxyl groups is 7. The van der Waals surface area contributed by atoms with Crippen LogP contribution in [0.4, 0.5) is 0 Å². The van der Waals surface area contributed by atoms with Crippen LogP contribution >= 0.6 is 0 Å². The zero-order valence-electron chi connectivity index (χ0n) is 46.6. The lowest BCUT2D eigenvalue weighted by Gasteiger charge is -2.42. The highest BCUT2D eigenvalue weighted by molar-refractivity contribution is 5.70. The summed E-state index contributed by atoms with van der Waals surface area (Å²) in [5, 5.41) is 72.3. The molecule has 0 saturated carbocycles. The van der Waals surface area contributed by atoms with Gasteiger partial charge in [0.1, 0.15) is 55.4 Å². The molecule has 7 N–H and O–H groups in total. The molecule has 2 aliphatic rings. The summed E-state index contributed by atoms with van der Waals surface area (Å²) >= 11 is 0. The summed E-state index contributed by atoms with van der Waals surface area (Å²) < 4.78 is 33.7. The number of rotatable bonds is 49.